The molecule has 0 heterocycles. The zero-order valence-corrected chi connectivity index (χ0v) is 12.2. The highest BCUT2D eigenvalue weighted by atomic mass is 19.3. The molecule has 0 amide bonds. The minimum Gasteiger partial charge on any atom is -0.493 e. The number of alkyl halides is 2. The lowest BCUT2D eigenvalue weighted by atomic mass is 10.1. The molecule has 0 bridgehead atoms. The average Bonchev–Trinajstić information content (AvgIpc) is 2.38. The van der Waals surface area contributed by atoms with Crippen LogP contribution < -0.4 is 19.5 Å². The Morgan fingerprint density at radius 2 is 1.65 bits per heavy atom. The van der Waals surface area contributed by atoms with Gasteiger partial charge in [-0.3, -0.25) is 0 Å². The number of hydrogen-bond donors (Lipinski definition) is 1. The van der Waals surface area contributed by atoms with E-state index in [4.69, 9.17) is 9.47 Å². The van der Waals surface area contributed by atoms with E-state index in [-0.39, 0.29) is 17.2 Å². The third-order valence-electron chi connectivity index (χ3n) is 2.61. The lowest BCUT2D eigenvalue weighted by Crippen LogP contribution is -2.19. The Kier molecular flexibility index (Phi) is 6.51. The van der Waals surface area contributed by atoms with Crippen molar-refractivity contribution in [2.75, 3.05) is 20.8 Å². The molecule has 0 aliphatic rings. The molecular weight excluding hydrogens is 268 g/mol. The predicted octanol–water partition coefficient (Wildman–Crippen LogP) is 3.05. The summed E-state index contributed by atoms with van der Waals surface area (Å²) in [6.45, 7) is 2.74. The Morgan fingerprint density at radius 3 is 2.05 bits per heavy atom. The maximum absolute atomic E-state index is 12.4. The van der Waals surface area contributed by atoms with Crippen LogP contribution in [0.5, 0.6) is 17.2 Å². The highest BCUT2D eigenvalue weighted by Crippen LogP contribution is 2.39. The first-order chi connectivity index (χ1) is 9.47. The van der Waals surface area contributed by atoms with Gasteiger partial charge in [-0.25, -0.2) is 0 Å². The van der Waals surface area contributed by atoms with Crippen molar-refractivity contribution < 1.29 is 23.0 Å². The van der Waals surface area contributed by atoms with E-state index in [1.165, 1.54) is 14.2 Å². The lowest BCUT2D eigenvalue weighted by molar-refractivity contribution is -0.0526. The second-order valence-corrected chi connectivity index (χ2v) is 4.73. The highest BCUT2D eigenvalue weighted by Gasteiger charge is 2.17. The zero-order valence-electron chi connectivity index (χ0n) is 12.2. The molecule has 0 saturated heterocycles. The summed E-state index contributed by atoms with van der Waals surface area (Å²) >= 11 is 0. The fourth-order valence-electron chi connectivity index (χ4n) is 1.75. The van der Waals surface area contributed by atoms with Crippen molar-refractivity contribution in [1.29, 1.82) is 0 Å². The summed E-state index contributed by atoms with van der Waals surface area (Å²) in [5.74, 6) is 0.898. The largest absolute Gasteiger partial charge is 0.493 e. The van der Waals surface area contributed by atoms with E-state index in [9.17, 15) is 8.78 Å². The Morgan fingerprint density at radius 1 is 1.10 bits per heavy atom. The van der Waals surface area contributed by atoms with Crippen molar-refractivity contribution in [3.05, 3.63) is 17.7 Å². The first-order valence-corrected chi connectivity index (χ1v) is 6.38. The minimum atomic E-state index is -2.93. The van der Waals surface area contributed by atoms with Crippen molar-refractivity contribution in [2.45, 2.75) is 27.0 Å². The number of ether oxygens (including phenoxy) is 3. The standard InChI is InChI=1S/C14H21F2NO3/c1-9(2)7-17-8-10-5-11(18-3)13(20-14(15)16)12(6-10)19-4/h5-6,9,14,17H,7-8H2,1-4H3. The van der Waals surface area contributed by atoms with Gasteiger partial charge in [0.25, 0.3) is 0 Å². The molecule has 4 nitrogen and oxygen atoms in total. The van der Waals surface area contributed by atoms with Crippen molar-refractivity contribution in [1.82, 2.24) is 5.32 Å². The molecule has 0 spiro atoms. The molecule has 20 heavy (non-hydrogen) atoms. The summed E-state index contributed by atoms with van der Waals surface area (Å²) in [4.78, 5) is 0. The quantitative estimate of drug-likeness (QED) is 0.798. The van der Waals surface area contributed by atoms with Crippen LogP contribution in [0.3, 0.4) is 0 Å². The van der Waals surface area contributed by atoms with E-state index >= 15 is 0 Å². The molecule has 1 N–H and O–H groups in total. The first kappa shape index (κ1) is 16.5. The molecule has 0 aliphatic heterocycles. The van der Waals surface area contributed by atoms with Gasteiger partial charge in [-0.2, -0.15) is 8.78 Å². The van der Waals surface area contributed by atoms with E-state index in [1.807, 2.05) is 0 Å². The fraction of sp³-hybridized carbons (Fsp3) is 0.571. The highest BCUT2D eigenvalue weighted by molar-refractivity contribution is 5.53. The topological polar surface area (TPSA) is 39.7 Å². The normalized spacial score (nSPS) is 11.0. The van der Waals surface area contributed by atoms with E-state index in [1.54, 1.807) is 12.1 Å². The Bertz CT molecular complexity index is 400. The summed E-state index contributed by atoms with van der Waals surface area (Å²) < 4.78 is 39.4. The van der Waals surface area contributed by atoms with Crippen LogP contribution in [0.25, 0.3) is 0 Å². The number of hydrogen-bond acceptors (Lipinski definition) is 4. The van der Waals surface area contributed by atoms with Crippen LogP contribution in [0.4, 0.5) is 8.78 Å². The number of rotatable bonds is 8. The van der Waals surface area contributed by atoms with Gasteiger partial charge >= 0.3 is 6.61 Å². The van der Waals surface area contributed by atoms with Gasteiger partial charge < -0.3 is 19.5 Å². The van der Waals surface area contributed by atoms with Crippen LogP contribution in [0.2, 0.25) is 0 Å². The van der Waals surface area contributed by atoms with E-state index in [0.29, 0.717) is 12.5 Å². The maximum Gasteiger partial charge on any atom is 0.387 e. The third-order valence-corrected chi connectivity index (χ3v) is 2.61. The predicted molar refractivity (Wildman–Crippen MR) is 72.7 cm³/mol. The Labute approximate surface area is 118 Å². The van der Waals surface area contributed by atoms with E-state index in [0.717, 1.165) is 12.1 Å². The van der Waals surface area contributed by atoms with Gasteiger partial charge in [-0.1, -0.05) is 13.8 Å². The SMILES string of the molecule is COc1cc(CNCC(C)C)cc(OC)c1OC(F)F. The monoisotopic (exact) mass is 289 g/mol. The summed E-state index contributed by atoms with van der Waals surface area (Å²) in [6, 6.07) is 3.32. The molecule has 6 heteroatoms. The van der Waals surface area contributed by atoms with E-state index < -0.39 is 6.61 Å². The Hall–Kier alpha value is -1.56. The number of halogens is 2. The molecule has 1 rings (SSSR count). The molecule has 0 atom stereocenters. The second kappa shape index (κ2) is 7.89. The van der Waals surface area contributed by atoms with Gasteiger partial charge in [0, 0.05) is 6.54 Å². The second-order valence-electron chi connectivity index (χ2n) is 4.73. The zero-order chi connectivity index (χ0) is 15.1. The van der Waals surface area contributed by atoms with Gasteiger partial charge in [0.05, 0.1) is 14.2 Å². The molecule has 1 aromatic carbocycles. The molecule has 114 valence electrons. The molecule has 0 fully saturated rings. The molecule has 0 saturated carbocycles. The van der Waals surface area contributed by atoms with Crippen LogP contribution >= 0.6 is 0 Å². The molecule has 0 unspecified atom stereocenters. The summed E-state index contributed by atoms with van der Waals surface area (Å²) in [6.07, 6.45) is 0. The smallest absolute Gasteiger partial charge is 0.387 e. The van der Waals surface area contributed by atoms with Crippen LogP contribution in [-0.2, 0) is 6.54 Å². The van der Waals surface area contributed by atoms with Gasteiger partial charge in [0.15, 0.2) is 11.5 Å². The van der Waals surface area contributed by atoms with Crippen LogP contribution in [0.15, 0.2) is 12.1 Å². The van der Waals surface area contributed by atoms with E-state index in [2.05, 4.69) is 23.9 Å². The molecule has 0 aromatic heterocycles. The van der Waals surface area contributed by atoms with Crippen LogP contribution in [0.1, 0.15) is 19.4 Å². The van der Waals surface area contributed by atoms with Gasteiger partial charge in [-0.15, -0.1) is 0 Å². The lowest BCUT2D eigenvalue weighted by Gasteiger charge is -2.16. The first-order valence-electron chi connectivity index (χ1n) is 6.38. The van der Waals surface area contributed by atoms with Crippen molar-refractivity contribution >= 4 is 0 Å². The van der Waals surface area contributed by atoms with Crippen molar-refractivity contribution in [3.63, 3.8) is 0 Å². The van der Waals surface area contributed by atoms with Gasteiger partial charge in [-0.05, 0) is 30.2 Å². The van der Waals surface area contributed by atoms with Gasteiger partial charge in [0.2, 0.25) is 5.75 Å². The van der Waals surface area contributed by atoms with Gasteiger partial charge in [0.1, 0.15) is 0 Å². The molecular formula is C14H21F2NO3. The number of benzene rings is 1. The minimum absolute atomic E-state index is 0.0855. The Balaban J connectivity index is 2.93. The third kappa shape index (κ3) is 4.85. The molecule has 0 radical (unpaired) electrons. The summed E-state index contributed by atoms with van der Waals surface area (Å²) in [5.41, 5.74) is 0.876. The van der Waals surface area contributed by atoms with Crippen LogP contribution in [-0.4, -0.2) is 27.4 Å². The van der Waals surface area contributed by atoms with Crippen molar-refractivity contribution in [2.24, 2.45) is 5.92 Å². The van der Waals surface area contributed by atoms with Crippen LogP contribution in [0, 0.1) is 5.92 Å². The summed E-state index contributed by atoms with van der Waals surface area (Å²) in [5, 5.41) is 3.26. The molecule has 0 aliphatic carbocycles. The maximum atomic E-state index is 12.4. The fourth-order valence-corrected chi connectivity index (χ4v) is 1.75. The molecule has 1 aromatic rings. The average molecular weight is 289 g/mol. The summed E-state index contributed by atoms with van der Waals surface area (Å²) in [7, 11) is 2.80. The van der Waals surface area contributed by atoms with Crippen molar-refractivity contribution in [3.8, 4) is 17.2 Å². The number of nitrogens with one attached hydrogen (secondary N) is 1. The number of methoxy groups -OCH3 is 2.